The molecule has 113 valence electrons. The highest BCUT2D eigenvalue weighted by Crippen LogP contribution is 2.19. The van der Waals surface area contributed by atoms with Crippen LogP contribution < -0.4 is 0 Å². The van der Waals surface area contributed by atoms with Crippen LogP contribution in [0.25, 0.3) is 11.1 Å². The predicted molar refractivity (Wildman–Crippen MR) is 94.7 cm³/mol. The Labute approximate surface area is 141 Å². The second-order valence-electron chi connectivity index (χ2n) is 5.05. The van der Waals surface area contributed by atoms with E-state index in [4.69, 9.17) is 16.4 Å². The fourth-order valence-corrected chi connectivity index (χ4v) is 2.27. The van der Waals surface area contributed by atoms with Gasteiger partial charge in [0.15, 0.2) is 0 Å². The van der Waals surface area contributed by atoms with Gasteiger partial charge in [0.05, 0.1) is 0 Å². The minimum absolute atomic E-state index is 0.412. The average molecular weight is 321 g/mol. The molecule has 1 radical (unpaired) electrons. The molecular formula is C20H15ClNO. The summed E-state index contributed by atoms with van der Waals surface area (Å²) in [5, 5.41) is 4.54. The summed E-state index contributed by atoms with van der Waals surface area (Å²) in [5.74, 6) is 0. The van der Waals surface area contributed by atoms with E-state index in [0.717, 1.165) is 11.1 Å². The van der Waals surface area contributed by atoms with Crippen LogP contribution in [0.4, 0.5) is 0 Å². The topological polar surface area (TPSA) is 21.6 Å². The zero-order chi connectivity index (χ0) is 15.9. The van der Waals surface area contributed by atoms with Gasteiger partial charge in [-0.15, -0.1) is 0 Å². The molecule has 0 aliphatic rings. The molecule has 0 aromatic heterocycles. The SMILES string of the molecule is Clc1ccc(/[C]=N\OCc2ccc(-c3ccccc3)cc2)cc1. The largest absolute Gasteiger partial charge is 0.390 e. The van der Waals surface area contributed by atoms with Crippen molar-refractivity contribution >= 4 is 17.8 Å². The van der Waals surface area contributed by atoms with E-state index >= 15 is 0 Å². The van der Waals surface area contributed by atoms with Crippen LogP contribution in [0.1, 0.15) is 11.1 Å². The van der Waals surface area contributed by atoms with Gasteiger partial charge in [-0.1, -0.05) is 83.5 Å². The van der Waals surface area contributed by atoms with Crippen LogP contribution in [0.5, 0.6) is 0 Å². The summed E-state index contributed by atoms with van der Waals surface area (Å²) in [6, 6.07) is 25.8. The quantitative estimate of drug-likeness (QED) is 0.453. The third-order valence-electron chi connectivity index (χ3n) is 3.38. The Bertz CT molecular complexity index is 765. The van der Waals surface area contributed by atoms with E-state index in [1.54, 1.807) is 12.1 Å². The van der Waals surface area contributed by atoms with E-state index in [1.165, 1.54) is 11.1 Å². The lowest BCUT2D eigenvalue weighted by atomic mass is 10.0. The molecule has 3 aromatic carbocycles. The fourth-order valence-electron chi connectivity index (χ4n) is 2.14. The maximum Gasteiger partial charge on any atom is 0.142 e. The number of hydrogen-bond donors (Lipinski definition) is 0. The van der Waals surface area contributed by atoms with Crippen molar-refractivity contribution in [2.75, 3.05) is 0 Å². The van der Waals surface area contributed by atoms with Gasteiger partial charge in [-0.3, -0.25) is 0 Å². The third-order valence-corrected chi connectivity index (χ3v) is 3.63. The van der Waals surface area contributed by atoms with Crippen molar-refractivity contribution in [3.05, 3.63) is 95.0 Å². The molecule has 0 amide bonds. The molecule has 3 aromatic rings. The second kappa shape index (κ2) is 7.61. The molecule has 3 heteroatoms. The highest BCUT2D eigenvalue weighted by molar-refractivity contribution is 6.30. The molecule has 0 aliphatic heterocycles. The molecular weight excluding hydrogens is 306 g/mol. The monoisotopic (exact) mass is 320 g/mol. The standard InChI is InChI=1S/C20H15ClNO/c21-20-12-8-16(9-13-20)14-22-23-15-17-6-10-19(11-7-17)18-4-2-1-3-5-18/h1-13H,15H2. The molecule has 0 saturated carbocycles. The van der Waals surface area contributed by atoms with E-state index in [0.29, 0.717) is 11.6 Å². The number of rotatable bonds is 5. The van der Waals surface area contributed by atoms with E-state index < -0.39 is 0 Å². The van der Waals surface area contributed by atoms with Gasteiger partial charge in [-0.05, 0) is 28.8 Å². The van der Waals surface area contributed by atoms with E-state index in [-0.39, 0.29) is 0 Å². The summed E-state index contributed by atoms with van der Waals surface area (Å²) in [7, 11) is 0. The van der Waals surface area contributed by atoms with E-state index in [2.05, 4.69) is 35.6 Å². The highest BCUT2D eigenvalue weighted by atomic mass is 35.5. The molecule has 0 N–H and O–H groups in total. The molecule has 0 fully saturated rings. The van der Waals surface area contributed by atoms with Crippen molar-refractivity contribution in [1.29, 1.82) is 0 Å². The smallest absolute Gasteiger partial charge is 0.142 e. The first kappa shape index (κ1) is 15.3. The predicted octanol–water partition coefficient (Wildman–Crippen LogP) is 5.43. The van der Waals surface area contributed by atoms with Crippen LogP contribution in [-0.4, -0.2) is 6.21 Å². The van der Waals surface area contributed by atoms with Crippen molar-refractivity contribution in [2.24, 2.45) is 5.16 Å². The lowest BCUT2D eigenvalue weighted by Crippen LogP contribution is -1.88. The summed E-state index contributed by atoms with van der Waals surface area (Å²) >= 11 is 5.82. The maximum atomic E-state index is 5.82. The maximum absolute atomic E-state index is 5.82. The Kier molecular flexibility index (Phi) is 5.07. The Morgan fingerprint density at radius 2 is 1.43 bits per heavy atom. The molecule has 23 heavy (non-hydrogen) atoms. The first-order chi connectivity index (χ1) is 11.3. The number of nitrogens with zero attached hydrogens (tertiary/aromatic N) is 1. The molecule has 0 spiro atoms. The first-order valence-electron chi connectivity index (χ1n) is 7.29. The molecule has 0 bridgehead atoms. The Morgan fingerprint density at radius 1 is 0.783 bits per heavy atom. The Morgan fingerprint density at radius 3 is 2.13 bits per heavy atom. The zero-order valence-corrected chi connectivity index (χ0v) is 13.2. The van der Waals surface area contributed by atoms with Gasteiger partial charge in [0, 0.05) is 10.6 Å². The molecule has 3 rings (SSSR count). The lowest BCUT2D eigenvalue weighted by molar-refractivity contribution is 0.132. The van der Waals surface area contributed by atoms with Crippen LogP contribution in [-0.2, 0) is 11.4 Å². The van der Waals surface area contributed by atoms with Crippen LogP contribution in [0.2, 0.25) is 5.02 Å². The van der Waals surface area contributed by atoms with Gasteiger partial charge in [0.1, 0.15) is 12.8 Å². The summed E-state index contributed by atoms with van der Waals surface area (Å²) in [6.45, 7) is 0.412. The molecule has 2 nitrogen and oxygen atoms in total. The van der Waals surface area contributed by atoms with E-state index in [1.807, 2.05) is 42.5 Å². The molecule has 0 atom stereocenters. The Balaban J connectivity index is 1.55. The minimum atomic E-state index is 0.412. The van der Waals surface area contributed by atoms with Gasteiger partial charge in [0.2, 0.25) is 0 Å². The summed E-state index contributed by atoms with van der Waals surface area (Å²) in [4.78, 5) is 5.28. The fraction of sp³-hybridized carbons (Fsp3) is 0.0500. The molecule has 0 aliphatic carbocycles. The Hall–Kier alpha value is -2.58. The van der Waals surface area contributed by atoms with Gasteiger partial charge in [-0.25, -0.2) is 0 Å². The zero-order valence-electron chi connectivity index (χ0n) is 12.4. The normalized spacial score (nSPS) is 10.8. The molecule has 0 saturated heterocycles. The van der Waals surface area contributed by atoms with Gasteiger partial charge in [0.25, 0.3) is 0 Å². The van der Waals surface area contributed by atoms with Crippen LogP contribution >= 0.6 is 11.6 Å². The van der Waals surface area contributed by atoms with Crippen molar-refractivity contribution in [1.82, 2.24) is 0 Å². The van der Waals surface area contributed by atoms with Crippen molar-refractivity contribution in [2.45, 2.75) is 6.61 Å². The van der Waals surface area contributed by atoms with Crippen LogP contribution in [0, 0.1) is 0 Å². The average Bonchev–Trinajstić information content (AvgIpc) is 2.62. The first-order valence-corrected chi connectivity index (χ1v) is 7.67. The van der Waals surface area contributed by atoms with Crippen LogP contribution in [0.15, 0.2) is 84.0 Å². The summed E-state index contributed by atoms with van der Waals surface area (Å²) < 4.78 is 0. The van der Waals surface area contributed by atoms with Crippen molar-refractivity contribution < 1.29 is 4.84 Å². The lowest BCUT2D eigenvalue weighted by Gasteiger charge is -2.03. The van der Waals surface area contributed by atoms with E-state index in [9.17, 15) is 0 Å². The van der Waals surface area contributed by atoms with Gasteiger partial charge in [-0.2, -0.15) is 0 Å². The summed E-state index contributed by atoms with van der Waals surface area (Å²) in [5.41, 5.74) is 4.28. The minimum Gasteiger partial charge on any atom is -0.390 e. The van der Waals surface area contributed by atoms with Gasteiger partial charge < -0.3 is 4.84 Å². The number of hydrogen-bond acceptors (Lipinski definition) is 2. The number of halogens is 1. The second-order valence-corrected chi connectivity index (χ2v) is 5.48. The van der Waals surface area contributed by atoms with Crippen LogP contribution in [0.3, 0.4) is 0 Å². The number of benzene rings is 3. The highest BCUT2D eigenvalue weighted by Gasteiger charge is 1.98. The molecule has 0 heterocycles. The van der Waals surface area contributed by atoms with Crippen molar-refractivity contribution in [3.63, 3.8) is 0 Å². The van der Waals surface area contributed by atoms with Crippen molar-refractivity contribution in [3.8, 4) is 11.1 Å². The van der Waals surface area contributed by atoms with Gasteiger partial charge >= 0.3 is 0 Å². The third kappa shape index (κ3) is 4.44. The summed E-state index contributed by atoms with van der Waals surface area (Å²) in [6.07, 6.45) is 2.82. The molecule has 0 unspecified atom stereocenters.